The summed E-state index contributed by atoms with van der Waals surface area (Å²) in [5.41, 5.74) is 1.25. The van der Waals surface area contributed by atoms with Gasteiger partial charge in [0, 0.05) is 23.3 Å². The molecule has 0 aliphatic rings. The number of aromatic nitrogens is 2. The number of rotatable bonds is 3. The summed E-state index contributed by atoms with van der Waals surface area (Å²) in [7, 11) is 0. The second-order valence-corrected chi connectivity index (χ2v) is 2.95. The minimum atomic E-state index is -0.434. The number of carbonyl (C=O) groups excluding carboxylic acids is 1. The zero-order valence-corrected chi connectivity index (χ0v) is 7.48. The van der Waals surface area contributed by atoms with Gasteiger partial charge >= 0.3 is 0 Å². The number of alkyl halides is 1. The van der Waals surface area contributed by atoms with E-state index in [9.17, 15) is 9.18 Å². The van der Waals surface area contributed by atoms with Crippen molar-refractivity contribution in [2.24, 2.45) is 0 Å². The molecule has 0 fully saturated rings. The van der Waals surface area contributed by atoms with Crippen LogP contribution in [-0.4, -0.2) is 22.5 Å². The molecule has 0 N–H and O–H groups in total. The minimum Gasteiger partial charge on any atom is -0.330 e. The molecular formula is C10H9FN2O. The summed E-state index contributed by atoms with van der Waals surface area (Å²) in [4.78, 5) is 14.8. The van der Waals surface area contributed by atoms with Crippen molar-refractivity contribution in [1.82, 2.24) is 9.55 Å². The highest BCUT2D eigenvalue weighted by Crippen LogP contribution is 2.16. The number of hydrogen-bond donors (Lipinski definition) is 0. The number of nitrogens with zero attached hydrogens (tertiary/aromatic N) is 2. The smallest absolute Gasteiger partial charge is 0.150 e. The monoisotopic (exact) mass is 191 g/mol. The van der Waals surface area contributed by atoms with Crippen LogP contribution in [0.4, 0.5) is 4.39 Å². The van der Waals surface area contributed by atoms with Gasteiger partial charge in [-0.2, -0.15) is 0 Å². The summed E-state index contributed by atoms with van der Waals surface area (Å²) in [5, 5.41) is 0.774. The Labute approximate surface area is 80.2 Å². The van der Waals surface area contributed by atoms with Gasteiger partial charge in [0.25, 0.3) is 0 Å². The lowest BCUT2D eigenvalue weighted by molar-refractivity contribution is 0.112. The number of carbonyl (C=O) groups is 1. The van der Waals surface area contributed by atoms with E-state index in [1.807, 2.05) is 0 Å². The minimum absolute atomic E-state index is 0.277. The molecule has 4 heteroatoms. The van der Waals surface area contributed by atoms with Crippen LogP contribution in [0.25, 0.3) is 11.0 Å². The number of halogens is 1. The molecule has 0 aliphatic carbocycles. The highest BCUT2D eigenvalue weighted by molar-refractivity contribution is 5.95. The number of aryl methyl sites for hydroxylation is 1. The van der Waals surface area contributed by atoms with Crippen LogP contribution in [0.5, 0.6) is 0 Å². The van der Waals surface area contributed by atoms with Crippen molar-refractivity contribution in [1.29, 1.82) is 0 Å². The molecule has 2 aromatic heterocycles. The van der Waals surface area contributed by atoms with E-state index < -0.39 is 6.67 Å². The number of pyridine rings is 1. The predicted octanol–water partition coefficient (Wildman–Crippen LogP) is 1.82. The molecule has 0 aliphatic heterocycles. The van der Waals surface area contributed by atoms with Crippen LogP contribution >= 0.6 is 0 Å². The third-order valence-corrected chi connectivity index (χ3v) is 2.15. The van der Waals surface area contributed by atoms with Crippen LogP contribution in [0.1, 0.15) is 10.4 Å². The highest BCUT2D eigenvalue weighted by Gasteiger charge is 2.05. The van der Waals surface area contributed by atoms with Gasteiger partial charge in [0.05, 0.1) is 6.54 Å². The second-order valence-electron chi connectivity index (χ2n) is 2.95. The van der Waals surface area contributed by atoms with Crippen molar-refractivity contribution in [2.75, 3.05) is 6.67 Å². The maximum absolute atomic E-state index is 12.1. The van der Waals surface area contributed by atoms with Crippen molar-refractivity contribution in [3.8, 4) is 0 Å². The van der Waals surface area contributed by atoms with Crippen LogP contribution in [0.3, 0.4) is 0 Å². The van der Waals surface area contributed by atoms with Crippen LogP contribution < -0.4 is 0 Å². The van der Waals surface area contributed by atoms with E-state index in [4.69, 9.17) is 0 Å². The van der Waals surface area contributed by atoms with Gasteiger partial charge < -0.3 is 4.57 Å². The largest absolute Gasteiger partial charge is 0.330 e. The summed E-state index contributed by atoms with van der Waals surface area (Å²) in [6, 6.07) is 3.43. The van der Waals surface area contributed by atoms with E-state index in [1.165, 1.54) is 0 Å². The van der Waals surface area contributed by atoms with E-state index >= 15 is 0 Å². The fourth-order valence-corrected chi connectivity index (χ4v) is 1.49. The first-order valence-corrected chi connectivity index (χ1v) is 4.32. The zero-order chi connectivity index (χ0) is 9.97. The average Bonchev–Trinajstić information content (AvgIpc) is 2.62. The van der Waals surface area contributed by atoms with E-state index in [2.05, 4.69) is 4.98 Å². The first-order chi connectivity index (χ1) is 6.86. The third-order valence-electron chi connectivity index (χ3n) is 2.15. The molecule has 0 atom stereocenters. The fraction of sp³-hybridized carbons (Fsp3) is 0.200. The van der Waals surface area contributed by atoms with E-state index in [-0.39, 0.29) is 6.54 Å². The molecule has 0 aromatic carbocycles. The Kier molecular flexibility index (Phi) is 2.26. The van der Waals surface area contributed by atoms with Crippen LogP contribution in [0.2, 0.25) is 0 Å². The molecule has 0 saturated heterocycles. The molecule has 0 radical (unpaired) electrons. The van der Waals surface area contributed by atoms with Crippen molar-refractivity contribution in [3.63, 3.8) is 0 Å². The van der Waals surface area contributed by atoms with Crippen molar-refractivity contribution in [3.05, 3.63) is 30.1 Å². The standard InChI is InChI=1S/C10H9FN2O/c11-3-6-13-5-2-9-8(7-14)1-4-12-10(9)13/h1-2,4-5,7H,3,6H2/i11-1. The quantitative estimate of drug-likeness (QED) is 0.693. The van der Waals surface area contributed by atoms with Gasteiger partial charge in [-0.25, -0.2) is 9.37 Å². The molecule has 3 nitrogen and oxygen atoms in total. The Morgan fingerprint density at radius 1 is 1.50 bits per heavy atom. The Morgan fingerprint density at radius 3 is 3.07 bits per heavy atom. The maximum atomic E-state index is 12.1. The van der Waals surface area contributed by atoms with Gasteiger partial charge in [0.2, 0.25) is 0 Å². The van der Waals surface area contributed by atoms with Gasteiger partial charge in [-0.3, -0.25) is 4.79 Å². The molecule has 0 spiro atoms. The Bertz CT molecular complexity index is 464. The maximum Gasteiger partial charge on any atom is 0.150 e. The molecule has 2 rings (SSSR count). The van der Waals surface area contributed by atoms with Crippen molar-refractivity contribution < 1.29 is 9.18 Å². The van der Waals surface area contributed by atoms with Crippen LogP contribution in [0, 0.1) is 0 Å². The highest BCUT2D eigenvalue weighted by atomic mass is 18.2. The SMILES string of the molecule is O=Cc1ccnc2c1ccn2CC[18F]. The molecule has 72 valence electrons. The van der Waals surface area contributed by atoms with Crippen LogP contribution in [-0.2, 0) is 6.54 Å². The van der Waals surface area contributed by atoms with Crippen LogP contribution in [0.15, 0.2) is 24.5 Å². The summed E-state index contributed by atoms with van der Waals surface area (Å²) in [6.07, 6.45) is 4.08. The van der Waals surface area contributed by atoms with E-state index in [0.29, 0.717) is 11.2 Å². The Hall–Kier alpha value is -1.71. The summed E-state index contributed by atoms with van der Waals surface area (Å²) >= 11 is 0. The lowest BCUT2D eigenvalue weighted by atomic mass is 10.2. The van der Waals surface area contributed by atoms with E-state index in [0.717, 1.165) is 11.7 Å². The zero-order valence-electron chi connectivity index (χ0n) is 7.48. The van der Waals surface area contributed by atoms with Gasteiger partial charge in [0.1, 0.15) is 12.3 Å². The first kappa shape index (κ1) is 8.87. The second kappa shape index (κ2) is 3.57. The molecule has 0 amide bonds. The molecule has 14 heavy (non-hydrogen) atoms. The summed E-state index contributed by atoms with van der Waals surface area (Å²) < 4.78 is 13.8. The molecule has 2 aromatic rings. The molecule has 0 unspecified atom stereocenters. The molecule has 0 saturated carbocycles. The first-order valence-electron chi connectivity index (χ1n) is 4.32. The van der Waals surface area contributed by atoms with Gasteiger partial charge in [-0.1, -0.05) is 0 Å². The lowest BCUT2D eigenvalue weighted by Gasteiger charge is -2.00. The van der Waals surface area contributed by atoms with Crippen molar-refractivity contribution in [2.45, 2.75) is 6.54 Å². The normalized spacial score (nSPS) is 10.6. The fourth-order valence-electron chi connectivity index (χ4n) is 1.49. The number of fused-ring (bicyclic) bond motifs is 1. The predicted molar refractivity (Wildman–Crippen MR) is 51.1 cm³/mol. The lowest BCUT2D eigenvalue weighted by Crippen LogP contribution is -1.98. The summed E-state index contributed by atoms with van der Waals surface area (Å²) in [6.45, 7) is -0.157. The topological polar surface area (TPSA) is 34.9 Å². The summed E-state index contributed by atoms with van der Waals surface area (Å²) in [5.74, 6) is 0. The van der Waals surface area contributed by atoms with Gasteiger partial charge in [-0.05, 0) is 12.1 Å². The Balaban J connectivity index is 2.63. The number of hydrogen-bond acceptors (Lipinski definition) is 2. The van der Waals surface area contributed by atoms with Gasteiger partial charge in [-0.15, -0.1) is 0 Å². The molecule has 0 bridgehead atoms. The Morgan fingerprint density at radius 2 is 2.36 bits per heavy atom. The number of aldehydes is 1. The average molecular weight is 191 g/mol. The van der Waals surface area contributed by atoms with E-state index in [1.54, 1.807) is 29.1 Å². The third kappa shape index (κ3) is 1.28. The van der Waals surface area contributed by atoms with Gasteiger partial charge in [0.15, 0.2) is 6.29 Å². The molecule has 2 heterocycles. The van der Waals surface area contributed by atoms with Crippen molar-refractivity contribution >= 4 is 17.3 Å². The molecular weight excluding hydrogens is 182 g/mol.